The van der Waals surface area contributed by atoms with Gasteiger partial charge in [0.1, 0.15) is 0 Å². The summed E-state index contributed by atoms with van der Waals surface area (Å²) in [6.07, 6.45) is 1.88. The molecule has 1 atom stereocenters. The summed E-state index contributed by atoms with van der Waals surface area (Å²) in [5, 5.41) is 5.43. The lowest BCUT2D eigenvalue weighted by Gasteiger charge is -2.37. The first-order valence-electron chi connectivity index (χ1n) is 9.42. The summed E-state index contributed by atoms with van der Waals surface area (Å²) in [7, 11) is 0. The summed E-state index contributed by atoms with van der Waals surface area (Å²) >= 11 is 1.80. The van der Waals surface area contributed by atoms with Gasteiger partial charge in [0.2, 0.25) is 5.91 Å². The second-order valence-electron chi connectivity index (χ2n) is 6.62. The van der Waals surface area contributed by atoms with Crippen LogP contribution in [0.15, 0.2) is 35.7 Å². The summed E-state index contributed by atoms with van der Waals surface area (Å²) in [5.74, 6) is 0.173. The van der Waals surface area contributed by atoms with E-state index in [1.807, 2.05) is 11.8 Å². The smallest absolute Gasteiger partial charge is 0.237 e. The van der Waals surface area contributed by atoms with Crippen LogP contribution in [0.5, 0.6) is 0 Å². The van der Waals surface area contributed by atoms with Crippen LogP contribution in [0.1, 0.15) is 41.0 Å². The lowest BCUT2D eigenvalue weighted by Crippen LogP contribution is -2.44. The number of thiophene rings is 1. The van der Waals surface area contributed by atoms with E-state index in [1.165, 1.54) is 21.6 Å². The Morgan fingerprint density at radius 3 is 2.96 bits per heavy atom. The number of nitrogens with one attached hydrogen (secondary N) is 1. The van der Waals surface area contributed by atoms with Crippen molar-refractivity contribution in [3.63, 3.8) is 0 Å². The van der Waals surface area contributed by atoms with Crippen molar-refractivity contribution in [2.24, 2.45) is 0 Å². The van der Waals surface area contributed by atoms with Gasteiger partial charge in [-0.15, -0.1) is 11.3 Å². The summed E-state index contributed by atoms with van der Waals surface area (Å²) in [6.45, 7) is 7.58. The summed E-state index contributed by atoms with van der Waals surface area (Å²) in [5.41, 5.74) is 3.76. The topological polar surface area (TPSA) is 41.6 Å². The van der Waals surface area contributed by atoms with Gasteiger partial charge in [0.05, 0.1) is 12.6 Å². The van der Waals surface area contributed by atoms with Crippen molar-refractivity contribution in [1.29, 1.82) is 0 Å². The van der Waals surface area contributed by atoms with Crippen molar-refractivity contribution in [2.45, 2.75) is 32.7 Å². The van der Waals surface area contributed by atoms with Gasteiger partial charge in [0.15, 0.2) is 0 Å². The maximum Gasteiger partial charge on any atom is 0.237 e. The Balaban J connectivity index is 1.71. The molecule has 2 heterocycles. The number of carbonyl (C=O) groups is 1. The molecule has 2 aromatic rings. The van der Waals surface area contributed by atoms with E-state index in [1.54, 1.807) is 11.3 Å². The van der Waals surface area contributed by atoms with Gasteiger partial charge in [-0.1, -0.05) is 24.3 Å². The predicted octanol–water partition coefficient (Wildman–Crippen LogP) is 3.55. The van der Waals surface area contributed by atoms with Crippen molar-refractivity contribution in [3.05, 3.63) is 57.3 Å². The van der Waals surface area contributed by atoms with E-state index < -0.39 is 0 Å². The van der Waals surface area contributed by atoms with Gasteiger partial charge in [-0.2, -0.15) is 0 Å². The number of fused-ring (bicyclic) bond motifs is 1. The molecule has 1 amide bonds. The number of hydrogen-bond acceptors (Lipinski definition) is 4. The number of nitrogens with zero attached hydrogens (tertiary/aromatic N) is 1. The number of amides is 1. The fourth-order valence-electron chi connectivity index (χ4n) is 3.55. The van der Waals surface area contributed by atoms with Crippen LogP contribution < -0.4 is 5.32 Å². The maximum absolute atomic E-state index is 12.9. The molecule has 26 heavy (non-hydrogen) atoms. The van der Waals surface area contributed by atoms with Crippen molar-refractivity contribution in [3.8, 4) is 0 Å². The first kappa shape index (κ1) is 19.1. The zero-order valence-corrected chi connectivity index (χ0v) is 16.5. The van der Waals surface area contributed by atoms with Crippen LogP contribution in [0.3, 0.4) is 0 Å². The Bertz CT molecular complexity index is 728. The average molecular weight is 373 g/mol. The average Bonchev–Trinajstić information content (AvgIpc) is 3.13. The van der Waals surface area contributed by atoms with Crippen LogP contribution in [0.25, 0.3) is 0 Å². The van der Waals surface area contributed by atoms with Gasteiger partial charge < -0.3 is 15.0 Å². The number of carbonyl (C=O) groups excluding carboxylic acids is 1. The molecule has 0 spiro atoms. The molecular formula is C21H28N2O2S. The van der Waals surface area contributed by atoms with Crippen LogP contribution >= 0.6 is 11.3 Å². The summed E-state index contributed by atoms with van der Waals surface area (Å²) < 4.78 is 5.34. The van der Waals surface area contributed by atoms with Gasteiger partial charge in [-0.3, -0.25) is 4.79 Å². The molecule has 1 aliphatic rings. The Kier molecular flexibility index (Phi) is 6.83. The first-order valence-corrected chi connectivity index (χ1v) is 10.3. The molecule has 0 aliphatic carbocycles. The van der Waals surface area contributed by atoms with E-state index in [0.717, 1.165) is 39.1 Å². The predicted molar refractivity (Wildman–Crippen MR) is 107 cm³/mol. The molecule has 1 aliphatic heterocycles. The van der Waals surface area contributed by atoms with Crippen molar-refractivity contribution < 1.29 is 9.53 Å². The van der Waals surface area contributed by atoms with Crippen molar-refractivity contribution in [2.75, 3.05) is 32.8 Å². The zero-order valence-electron chi connectivity index (χ0n) is 15.7. The lowest BCUT2D eigenvalue weighted by molar-refractivity contribution is -0.132. The van der Waals surface area contributed by atoms with Gasteiger partial charge >= 0.3 is 0 Å². The van der Waals surface area contributed by atoms with E-state index in [-0.39, 0.29) is 11.9 Å². The highest BCUT2D eigenvalue weighted by Gasteiger charge is 2.33. The molecule has 1 aromatic heterocycles. The Morgan fingerprint density at radius 1 is 1.31 bits per heavy atom. The molecule has 5 heteroatoms. The number of ether oxygens (including phenoxy) is 1. The minimum absolute atomic E-state index is 0.0314. The maximum atomic E-state index is 12.9. The molecule has 0 bridgehead atoms. The van der Waals surface area contributed by atoms with E-state index >= 15 is 0 Å². The highest BCUT2D eigenvalue weighted by atomic mass is 32.1. The monoisotopic (exact) mass is 372 g/mol. The molecule has 0 unspecified atom stereocenters. The fraction of sp³-hybridized carbons (Fsp3) is 0.476. The molecule has 0 fully saturated rings. The van der Waals surface area contributed by atoms with Crippen LogP contribution in [0.4, 0.5) is 0 Å². The first-order chi connectivity index (χ1) is 12.7. The highest BCUT2D eigenvalue weighted by molar-refractivity contribution is 7.10. The third-order valence-corrected chi connectivity index (χ3v) is 5.89. The molecule has 1 N–H and O–H groups in total. The quantitative estimate of drug-likeness (QED) is 0.721. The molecule has 3 rings (SSSR count). The molecule has 4 nitrogen and oxygen atoms in total. The molecule has 1 aromatic carbocycles. The van der Waals surface area contributed by atoms with Gasteiger partial charge in [-0.05, 0) is 61.4 Å². The third kappa shape index (κ3) is 4.34. The van der Waals surface area contributed by atoms with E-state index in [0.29, 0.717) is 6.54 Å². The van der Waals surface area contributed by atoms with Gasteiger partial charge in [-0.25, -0.2) is 0 Å². The Labute approximate surface area is 160 Å². The standard InChI is InChI=1S/C21H28N2O2S/c1-3-25-13-6-11-22-15-20(24)23-12-9-19-18(10-14-26-19)21(23)17-8-5-4-7-16(17)2/h4-5,7-8,10,14,21-22H,3,6,9,11-13,15H2,1-2H3/t21-/m0/s1. The Hall–Kier alpha value is -1.69. The molecular weight excluding hydrogens is 344 g/mol. The van der Waals surface area contributed by atoms with E-state index in [2.05, 4.69) is 48.0 Å². The molecule has 0 saturated heterocycles. The normalized spacial score (nSPS) is 16.5. The number of hydrogen-bond donors (Lipinski definition) is 1. The molecule has 140 valence electrons. The van der Waals surface area contributed by atoms with E-state index in [4.69, 9.17) is 4.74 Å². The minimum atomic E-state index is 0.0314. The second-order valence-corrected chi connectivity index (χ2v) is 7.62. The third-order valence-electron chi connectivity index (χ3n) is 4.89. The molecule has 0 saturated carbocycles. The minimum Gasteiger partial charge on any atom is -0.382 e. The van der Waals surface area contributed by atoms with Crippen LogP contribution in [0, 0.1) is 6.92 Å². The van der Waals surface area contributed by atoms with Crippen LogP contribution in [-0.4, -0.2) is 43.7 Å². The van der Waals surface area contributed by atoms with Crippen molar-refractivity contribution in [1.82, 2.24) is 10.2 Å². The Morgan fingerprint density at radius 2 is 2.15 bits per heavy atom. The van der Waals surface area contributed by atoms with Crippen molar-refractivity contribution >= 4 is 17.2 Å². The SMILES string of the molecule is CCOCCCNCC(=O)N1CCc2sccc2[C@@H]1c1ccccc1C. The summed E-state index contributed by atoms with van der Waals surface area (Å²) in [4.78, 5) is 16.4. The highest BCUT2D eigenvalue weighted by Crippen LogP contribution is 2.38. The fourth-order valence-corrected chi connectivity index (χ4v) is 4.46. The second kappa shape index (κ2) is 9.31. The zero-order chi connectivity index (χ0) is 18.4. The van der Waals surface area contributed by atoms with Crippen LogP contribution in [-0.2, 0) is 16.0 Å². The van der Waals surface area contributed by atoms with E-state index in [9.17, 15) is 4.79 Å². The molecule has 0 radical (unpaired) electrons. The van der Waals surface area contributed by atoms with Gasteiger partial charge in [0.25, 0.3) is 0 Å². The lowest BCUT2D eigenvalue weighted by atomic mass is 9.90. The summed E-state index contributed by atoms with van der Waals surface area (Å²) in [6, 6.07) is 10.6. The number of rotatable bonds is 8. The van der Waals surface area contributed by atoms with Gasteiger partial charge in [0, 0.05) is 24.6 Å². The number of benzene rings is 1. The number of aryl methyl sites for hydroxylation is 1. The largest absolute Gasteiger partial charge is 0.382 e. The van der Waals surface area contributed by atoms with Crippen LogP contribution in [0.2, 0.25) is 0 Å².